The Morgan fingerprint density at radius 3 is 2.31 bits per heavy atom. The Morgan fingerprint density at radius 1 is 1.08 bits per heavy atom. The molecule has 1 fully saturated rings. The molecule has 4 rings (SSSR count). The molecule has 0 spiro atoms. The van der Waals surface area contributed by atoms with Crippen molar-refractivity contribution < 1.29 is 26.4 Å². The molecule has 0 bridgehead atoms. The highest BCUT2D eigenvalue weighted by Gasteiger charge is 2.41. The van der Waals surface area contributed by atoms with Gasteiger partial charge in [0.05, 0.1) is 16.8 Å². The van der Waals surface area contributed by atoms with E-state index in [1.165, 1.54) is 15.4 Å². The lowest BCUT2D eigenvalue weighted by atomic mass is 9.90. The lowest BCUT2D eigenvalue weighted by molar-refractivity contribution is -0.141. The number of alkyl halides is 3. The highest BCUT2D eigenvalue weighted by Crippen LogP contribution is 2.36. The van der Waals surface area contributed by atoms with Gasteiger partial charge in [0.25, 0.3) is 5.91 Å². The number of pyridine rings is 1. The minimum Gasteiger partial charge on any atom is -0.339 e. The highest BCUT2D eigenvalue weighted by molar-refractivity contribution is 7.88. The van der Waals surface area contributed by atoms with Gasteiger partial charge in [-0.2, -0.15) is 18.3 Å². The number of hydrogen-bond acceptors (Lipinski definition) is 4. The molecule has 0 N–H and O–H groups in total. The summed E-state index contributed by atoms with van der Waals surface area (Å²) in [7, 11) is -3.48. The van der Waals surface area contributed by atoms with Gasteiger partial charge in [-0.1, -0.05) is 30.3 Å². The monoisotopic (exact) mass is 522 g/mol. The summed E-state index contributed by atoms with van der Waals surface area (Å²) in [4.78, 5) is 14.4. The average molecular weight is 523 g/mol. The quantitative estimate of drug-likeness (QED) is 0.457. The fraction of sp³-hybridized carbons (Fsp3) is 0.440. The zero-order valence-electron chi connectivity index (χ0n) is 20.2. The number of hydrogen-bond donors (Lipinski definition) is 0. The van der Waals surface area contributed by atoms with Crippen LogP contribution in [0, 0.1) is 0 Å². The van der Waals surface area contributed by atoms with Crippen molar-refractivity contribution in [3.63, 3.8) is 0 Å². The molecule has 1 aromatic carbocycles. The van der Waals surface area contributed by atoms with E-state index in [0.717, 1.165) is 15.6 Å². The van der Waals surface area contributed by atoms with Gasteiger partial charge in [0.15, 0.2) is 5.69 Å². The van der Waals surface area contributed by atoms with Crippen LogP contribution >= 0.6 is 0 Å². The molecule has 1 amide bonds. The van der Waals surface area contributed by atoms with Gasteiger partial charge in [-0.15, -0.1) is 0 Å². The lowest BCUT2D eigenvalue weighted by Crippen LogP contribution is -2.38. The van der Waals surface area contributed by atoms with Crippen LogP contribution in [0.1, 0.15) is 59.8 Å². The van der Waals surface area contributed by atoms with Crippen molar-refractivity contribution in [3.05, 3.63) is 71.0 Å². The Morgan fingerprint density at radius 2 is 1.72 bits per heavy atom. The fourth-order valence-electron chi connectivity index (χ4n) is 4.74. The van der Waals surface area contributed by atoms with Crippen LogP contribution in [0.3, 0.4) is 0 Å². The van der Waals surface area contributed by atoms with E-state index >= 15 is 0 Å². The molecule has 11 heteroatoms. The van der Waals surface area contributed by atoms with Gasteiger partial charge in [-0.25, -0.2) is 17.2 Å². The largest absolute Gasteiger partial charge is 0.436 e. The summed E-state index contributed by atoms with van der Waals surface area (Å²) in [6, 6.07) is 12.3. The van der Waals surface area contributed by atoms with E-state index in [-0.39, 0.29) is 30.3 Å². The fourth-order valence-corrected chi connectivity index (χ4v) is 6.30. The van der Waals surface area contributed by atoms with Crippen molar-refractivity contribution in [1.82, 2.24) is 18.8 Å². The lowest BCUT2D eigenvalue weighted by Gasteiger charge is -2.31. The summed E-state index contributed by atoms with van der Waals surface area (Å²) in [6.45, 7) is 4.63. The predicted octanol–water partition coefficient (Wildman–Crippen LogP) is 4.54. The first-order valence-corrected chi connectivity index (χ1v) is 13.6. The van der Waals surface area contributed by atoms with E-state index in [2.05, 4.69) is 5.10 Å². The zero-order valence-corrected chi connectivity index (χ0v) is 21.0. The standard InChI is InChI=1S/C25H29F3N4O3S/c1-3-30(4-2)24(33)22-21-16-20(12-15-32(21)29-23(22)25(26,27)28)19-10-13-31(14-11-19)36(34,35)17-18-8-6-5-7-9-18/h5-9,12,15-16,19H,3-4,10-11,13-14,17H2,1-2H3. The van der Waals surface area contributed by atoms with Gasteiger partial charge in [-0.3, -0.25) is 4.79 Å². The number of sulfonamides is 1. The number of halogens is 3. The summed E-state index contributed by atoms with van der Waals surface area (Å²) in [5, 5.41) is 3.68. The molecule has 7 nitrogen and oxygen atoms in total. The number of aromatic nitrogens is 2. The number of nitrogens with zero attached hydrogens (tertiary/aromatic N) is 4. The number of carbonyl (C=O) groups excluding carboxylic acids is 1. The van der Waals surface area contributed by atoms with E-state index in [1.54, 1.807) is 50.2 Å². The molecule has 0 aliphatic carbocycles. The van der Waals surface area contributed by atoms with Gasteiger partial charge < -0.3 is 4.90 Å². The maximum absolute atomic E-state index is 13.8. The van der Waals surface area contributed by atoms with Crippen LogP contribution in [0.4, 0.5) is 13.2 Å². The number of piperidine rings is 1. The molecule has 3 aromatic rings. The third-order valence-electron chi connectivity index (χ3n) is 6.70. The summed E-state index contributed by atoms with van der Waals surface area (Å²) in [5.41, 5.74) is -0.0494. The van der Waals surface area contributed by atoms with Crippen LogP contribution in [0.5, 0.6) is 0 Å². The van der Waals surface area contributed by atoms with E-state index in [0.29, 0.717) is 25.9 Å². The minimum absolute atomic E-state index is 0.0428. The molecular weight excluding hydrogens is 493 g/mol. The summed E-state index contributed by atoms with van der Waals surface area (Å²) in [6.07, 6.45) is -2.27. The Hall–Kier alpha value is -2.92. The smallest absolute Gasteiger partial charge is 0.339 e. The van der Waals surface area contributed by atoms with Crippen LogP contribution in [-0.4, -0.2) is 59.3 Å². The zero-order chi connectivity index (χ0) is 26.1. The molecule has 0 radical (unpaired) electrons. The van der Waals surface area contributed by atoms with Gasteiger partial charge in [0, 0.05) is 32.4 Å². The average Bonchev–Trinajstić information content (AvgIpc) is 3.25. The first-order valence-electron chi connectivity index (χ1n) is 12.0. The van der Waals surface area contributed by atoms with Crippen LogP contribution in [0.25, 0.3) is 5.52 Å². The number of carbonyl (C=O) groups is 1. The van der Waals surface area contributed by atoms with Crippen molar-refractivity contribution >= 4 is 21.4 Å². The normalized spacial score (nSPS) is 15.9. The van der Waals surface area contributed by atoms with Gasteiger partial charge in [0.1, 0.15) is 0 Å². The Bertz CT molecular complexity index is 1330. The first-order chi connectivity index (χ1) is 17.0. The second-order valence-electron chi connectivity index (χ2n) is 8.90. The predicted molar refractivity (Wildman–Crippen MR) is 130 cm³/mol. The number of amides is 1. The summed E-state index contributed by atoms with van der Waals surface area (Å²) in [5.74, 6) is -0.822. The van der Waals surface area contributed by atoms with Crippen molar-refractivity contribution in [2.75, 3.05) is 26.2 Å². The first kappa shape index (κ1) is 26.2. The SMILES string of the molecule is CCN(CC)C(=O)c1c(C(F)(F)F)nn2ccc(C3CCN(S(=O)(=O)Cc4ccccc4)CC3)cc12. The van der Waals surface area contributed by atoms with Crippen LogP contribution in [0.15, 0.2) is 48.7 Å². The van der Waals surface area contributed by atoms with E-state index < -0.39 is 33.4 Å². The molecule has 0 atom stereocenters. The third kappa shape index (κ3) is 5.27. The number of benzene rings is 1. The topological polar surface area (TPSA) is 75.0 Å². The second-order valence-corrected chi connectivity index (χ2v) is 10.9. The van der Waals surface area contributed by atoms with E-state index in [1.807, 2.05) is 6.07 Å². The van der Waals surface area contributed by atoms with Crippen LogP contribution in [-0.2, 0) is 22.0 Å². The molecule has 36 heavy (non-hydrogen) atoms. The maximum Gasteiger partial charge on any atom is 0.436 e. The number of fused-ring (bicyclic) bond motifs is 1. The molecule has 2 aromatic heterocycles. The molecule has 0 unspecified atom stereocenters. The molecule has 3 heterocycles. The maximum atomic E-state index is 13.8. The Labute approximate surface area is 208 Å². The molecule has 194 valence electrons. The van der Waals surface area contributed by atoms with Crippen molar-refractivity contribution in [2.24, 2.45) is 0 Å². The molecule has 0 saturated carbocycles. The van der Waals surface area contributed by atoms with Crippen LogP contribution in [0.2, 0.25) is 0 Å². The van der Waals surface area contributed by atoms with Crippen molar-refractivity contribution in [3.8, 4) is 0 Å². The van der Waals surface area contributed by atoms with Gasteiger partial charge in [0.2, 0.25) is 10.0 Å². The minimum atomic E-state index is -4.78. The molecule has 1 aliphatic rings. The van der Waals surface area contributed by atoms with Crippen molar-refractivity contribution in [1.29, 1.82) is 0 Å². The third-order valence-corrected chi connectivity index (χ3v) is 8.55. The highest BCUT2D eigenvalue weighted by atomic mass is 32.2. The second kappa shape index (κ2) is 10.2. The molecular formula is C25H29F3N4O3S. The summed E-state index contributed by atoms with van der Waals surface area (Å²) >= 11 is 0. The number of rotatable bonds is 7. The Balaban J connectivity index is 1.59. The summed E-state index contributed by atoms with van der Waals surface area (Å²) < 4.78 is 69.7. The van der Waals surface area contributed by atoms with E-state index in [4.69, 9.17) is 0 Å². The van der Waals surface area contributed by atoms with Gasteiger partial charge >= 0.3 is 6.18 Å². The molecule has 1 aliphatic heterocycles. The van der Waals surface area contributed by atoms with Crippen LogP contribution < -0.4 is 0 Å². The molecule has 1 saturated heterocycles. The Kier molecular flexibility index (Phi) is 7.42. The van der Waals surface area contributed by atoms with E-state index in [9.17, 15) is 26.4 Å². The van der Waals surface area contributed by atoms with Crippen molar-refractivity contribution in [2.45, 2.75) is 44.5 Å². The van der Waals surface area contributed by atoms with Gasteiger partial charge in [-0.05, 0) is 55.9 Å².